The number of ether oxygens (including phenoxy) is 1. The molecule has 3 rings (SSSR count). The SMILES string of the molecule is CC1(C)C(=O)N(CCS(=O)(=O)O)C(=O)N1Cl.CC1(C)NC(=O)C(C)(C)N1Cl.CC1(CS(=O)(=O)O)CN(Cl)C(=O)O1. The highest BCUT2D eigenvalue weighted by Gasteiger charge is 2.51. The Labute approximate surface area is 247 Å². The normalized spacial score (nSPS) is 25.6. The largest absolute Gasteiger partial charge is 0.439 e. The number of imide groups is 1. The van der Waals surface area contributed by atoms with Crippen LogP contribution in [0.4, 0.5) is 9.59 Å². The predicted molar refractivity (Wildman–Crippen MR) is 143 cm³/mol. The van der Waals surface area contributed by atoms with E-state index in [4.69, 9.17) is 44.4 Å². The lowest BCUT2D eigenvalue weighted by atomic mass is 10.1. The summed E-state index contributed by atoms with van der Waals surface area (Å²) in [5, 5.41) is 2.79. The molecule has 21 heteroatoms. The lowest BCUT2D eigenvalue weighted by Gasteiger charge is -2.29. The van der Waals surface area contributed by atoms with E-state index in [9.17, 15) is 36.0 Å². The first-order valence-corrected chi connectivity index (χ1v) is 15.5. The van der Waals surface area contributed by atoms with Crippen LogP contribution in [0.15, 0.2) is 0 Å². The van der Waals surface area contributed by atoms with Crippen molar-refractivity contribution in [3.8, 4) is 0 Å². The summed E-state index contributed by atoms with van der Waals surface area (Å²) in [6.45, 7) is 11.1. The van der Waals surface area contributed by atoms with E-state index in [1.165, 1.54) is 25.2 Å². The number of nitrogens with one attached hydrogen (secondary N) is 1. The summed E-state index contributed by atoms with van der Waals surface area (Å²) in [6.07, 6.45) is -0.812. The summed E-state index contributed by atoms with van der Waals surface area (Å²) in [5.41, 5.74) is -3.53. The van der Waals surface area contributed by atoms with Crippen LogP contribution in [0.1, 0.15) is 48.5 Å². The first kappa shape index (κ1) is 36.4. The first-order chi connectivity index (χ1) is 17.6. The maximum atomic E-state index is 11.7. The second-order valence-corrected chi connectivity index (χ2v) is 14.9. The van der Waals surface area contributed by atoms with Crippen molar-refractivity contribution in [1.82, 2.24) is 23.5 Å². The summed E-state index contributed by atoms with van der Waals surface area (Å²) < 4.78 is 66.7. The van der Waals surface area contributed by atoms with Gasteiger partial charge < -0.3 is 10.1 Å². The quantitative estimate of drug-likeness (QED) is 0.214. The molecule has 3 N–H and O–H groups in total. The fraction of sp³-hybridized carbons (Fsp3) is 0.789. The van der Waals surface area contributed by atoms with E-state index < -0.39 is 78.7 Å². The smallest absolute Gasteiger partial charge is 0.425 e. The topological polar surface area (TPSA) is 211 Å². The number of nitrogens with zero attached hydrogens (tertiary/aromatic N) is 4. The lowest BCUT2D eigenvalue weighted by Crippen LogP contribution is -2.44. The molecule has 0 aliphatic carbocycles. The van der Waals surface area contributed by atoms with Gasteiger partial charge in [-0.15, -0.1) is 0 Å². The van der Waals surface area contributed by atoms with Crippen LogP contribution in [0.3, 0.4) is 0 Å². The molecule has 0 saturated carbocycles. The fourth-order valence-corrected chi connectivity index (χ4v) is 5.53. The monoisotopic (exact) mass is 675 g/mol. The molecule has 3 aliphatic rings. The zero-order chi connectivity index (χ0) is 31.9. The number of carbonyl (C=O) groups excluding carboxylic acids is 4. The van der Waals surface area contributed by atoms with E-state index in [2.05, 4.69) is 10.1 Å². The molecule has 0 spiro atoms. The highest BCUT2D eigenvalue weighted by molar-refractivity contribution is 7.86. The van der Waals surface area contributed by atoms with Gasteiger partial charge in [-0.25, -0.2) is 18.4 Å². The third kappa shape index (κ3) is 8.91. The number of hydrogen-bond donors (Lipinski definition) is 3. The highest BCUT2D eigenvalue weighted by atomic mass is 35.5. The molecule has 40 heavy (non-hydrogen) atoms. The summed E-state index contributed by atoms with van der Waals surface area (Å²) in [7, 11) is -8.40. The zero-order valence-electron chi connectivity index (χ0n) is 22.6. The minimum absolute atomic E-state index is 0.0301. The summed E-state index contributed by atoms with van der Waals surface area (Å²) in [4.78, 5) is 45.9. The molecule has 5 amide bonds. The second-order valence-electron chi connectivity index (χ2n) is 10.8. The summed E-state index contributed by atoms with van der Waals surface area (Å²) in [6, 6.07) is -0.791. The van der Waals surface area contributed by atoms with Gasteiger partial charge >= 0.3 is 12.1 Å². The van der Waals surface area contributed by atoms with Gasteiger partial charge in [-0.2, -0.15) is 21.3 Å². The maximum absolute atomic E-state index is 11.7. The molecule has 3 aliphatic heterocycles. The van der Waals surface area contributed by atoms with E-state index >= 15 is 0 Å². The van der Waals surface area contributed by atoms with Crippen LogP contribution < -0.4 is 5.32 Å². The van der Waals surface area contributed by atoms with Gasteiger partial charge in [0.1, 0.15) is 28.1 Å². The number of hydrogen-bond acceptors (Lipinski definition) is 10. The van der Waals surface area contributed by atoms with Crippen molar-refractivity contribution in [1.29, 1.82) is 0 Å². The zero-order valence-corrected chi connectivity index (χ0v) is 26.5. The van der Waals surface area contributed by atoms with Crippen LogP contribution in [-0.4, -0.2) is 115 Å². The first-order valence-electron chi connectivity index (χ1n) is 11.2. The molecule has 1 unspecified atom stereocenters. The van der Waals surface area contributed by atoms with Crippen LogP contribution >= 0.6 is 35.3 Å². The average Bonchev–Trinajstić information content (AvgIpc) is 3.13. The molecular weight excluding hydrogens is 645 g/mol. The molecule has 232 valence electrons. The number of halogens is 3. The predicted octanol–water partition coefficient (Wildman–Crippen LogP) is 1.40. The molecule has 0 aromatic rings. The van der Waals surface area contributed by atoms with Gasteiger partial charge in [0.15, 0.2) is 0 Å². The Kier molecular flexibility index (Phi) is 10.8. The molecule has 0 radical (unpaired) electrons. The van der Waals surface area contributed by atoms with Gasteiger partial charge in [-0.3, -0.25) is 23.6 Å². The molecule has 1 atom stereocenters. The van der Waals surface area contributed by atoms with Gasteiger partial charge in [0.25, 0.3) is 26.1 Å². The second kappa shape index (κ2) is 11.9. The van der Waals surface area contributed by atoms with Gasteiger partial charge in [0, 0.05) is 30.1 Å². The summed E-state index contributed by atoms with van der Waals surface area (Å²) in [5.74, 6) is -1.99. The van der Waals surface area contributed by atoms with Gasteiger partial charge in [-0.1, -0.05) is 0 Å². The molecule has 16 nitrogen and oxygen atoms in total. The minimum atomic E-state index is -4.22. The van der Waals surface area contributed by atoms with Gasteiger partial charge in [0.2, 0.25) is 5.91 Å². The molecule has 0 aromatic heterocycles. The number of urea groups is 1. The Bertz CT molecular complexity index is 1260. The standard InChI is InChI=1S/C7H11ClN2O5S.C7H13ClN2O.C5H8ClNO5S/c1-7(2)5(11)9(6(12)10(7)8)3-4-16(13,14)15;1-6(2)5(11)9-7(3,4)10(6)8;1-5(3-13(9,10)11)2-7(6)4(8)12-5/h3-4H2,1-2H3,(H,13,14,15);1-4H3,(H,9,11);2-3H2,1H3,(H,9,10,11). The molecule has 3 heterocycles. The fourth-order valence-electron chi connectivity index (χ4n) is 3.63. The van der Waals surface area contributed by atoms with E-state index in [0.29, 0.717) is 9.32 Å². The van der Waals surface area contributed by atoms with Crippen molar-refractivity contribution < 1.29 is 49.9 Å². The van der Waals surface area contributed by atoms with Crippen LogP contribution in [0.2, 0.25) is 0 Å². The third-order valence-corrected chi connectivity index (χ3v) is 9.02. The number of cyclic esters (lactones) is 1. The molecule has 3 fully saturated rings. The average molecular weight is 677 g/mol. The molecule has 0 aromatic carbocycles. The molecule has 0 bridgehead atoms. The van der Waals surface area contributed by atoms with Crippen molar-refractivity contribution in [3.05, 3.63) is 0 Å². The Hall–Kier alpha value is -1.67. The van der Waals surface area contributed by atoms with Crippen molar-refractivity contribution in [2.45, 2.75) is 70.8 Å². The minimum Gasteiger partial charge on any atom is -0.439 e. The lowest BCUT2D eigenvalue weighted by molar-refractivity contribution is -0.130. The van der Waals surface area contributed by atoms with Crippen LogP contribution in [-0.2, 0) is 34.6 Å². The molecule has 3 saturated heterocycles. The van der Waals surface area contributed by atoms with E-state index in [1.54, 1.807) is 13.8 Å². The Morgan fingerprint density at radius 2 is 1.38 bits per heavy atom. The highest BCUT2D eigenvalue weighted by Crippen LogP contribution is 2.32. The van der Waals surface area contributed by atoms with E-state index in [0.717, 1.165) is 4.42 Å². The maximum Gasteiger partial charge on any atom is 0.425 e. The van der Waals surface area contributed by atoms with E-state index in [-0.39, 0.29) is 12.5 Å². The third-order valence-electron chi connectivity index (χ3n) is 5.68. The van der Waals surface area contributed by atoms with Crippen molar-refractivity contribution >= 4 is 79.5 Å². The van der Waals surface area contributed by atoms with Crippen molar-refractivity contribution in [2.24, 2.45) is 0 Å². The van der Waals surface area contributed by atoms with E-state index in [1.807, 2.05) is 13.8 Å². The number of carbonyl (C=O) groups is 4. The van der Waals surface area contributed by atoms with Crippen molar-refractivity contribution in [3.63, 3.8) is 0 Å². The van der Waals surface area contributed by atoms with Crippen LogP contribution in [0.5, 0.6) is 0 Å². The molecular formula is C19H32Cl3N5O11S2. The van der Waals surface area contributed by atoms with Crippen LogP contribution in [0.25, 0.3) is 0 Å². The Morgan fingerprint density at radius 3 is 1.62 bits per heavy atom. The Balaban J connectivity index is 0.000000305. The number of rotatable bonds is 5. The summed E-state index contributed by atoms with van der Waals surface area (Å²) >= 11 is 16.9. The number of amides is 5. The Morgan fingerprint density at radius 1 is 0.875 bits per heavy atom. The van der Waals surface area contributed by atoms with Gasteiger partial charge in [0.05, 0.1) is 12.3 Å². The van der Waals surface area contributed by atoms with Gasteiger partial charge in [-0.05, 0) is 60.2 Å². The van der Waals surface area contributed by atoms with Crippen molar-refractivity contribution in [2.75, 3.05) is 24.6 Å². The van der Waals surface area contributed by atoms with Crippen LogP contribution in [0, 0.1) is 0 Å².